The lowest BCUT2D eigenvalue weighted by Crippen LogP contribution is -1.83. The summed E-state index contributed by atoms with van der Waals surface area (Å²) in [5.41, 5.74) is 0.972. The molecule has 0 aromatic heterocycles. The summed E-state index contributed by atoms with van der Waals surface area (Å²) in [4.78, 5) is 0. The van der Waals surface area contributed by atoms with Crippen LogP contribution >= 0.6 is 22.6 Å². The van der Waals surface area contributed by atoms with E-state index >= 15 is 0 Å². The van der Waals surface area contributed by atoms with E-state index in [1.165, 1.54) is 14.3 Å². The summed E-state index contributed by atoms with van der Waals surface area (Å²) in [6, 6.07) is 12.3. The summed E-state index contributed by atoms with van der Waals surface area (Å²) in [7, 11) is 0. The Bertz CT molecular complexity index is 492. The molecule has 2 rings (SSSR count). The number of halogens is 1. The van der Waals surface area contributed by atoms with Crippen molar-refractivity contribution in [2.45, 2.75) is 0 Å². The first-order valence-corrected chi connectivity index (χ1v) is 5.04. The minimum absolute atomic E-state index is 0.972. The van der Waals surface area contributed by atoms with Crippen molar-refractivity contribution in [2.24, 2.45) is 0 Å². The molecule has 0 spiro atoms. The molecule has 13 heavy (non-hydrogen) atoms. The highest BCUT2D eigenvalue weighted by Gasteiger charge is 2.00. The van der Waals surface area contributed by atoms with Crippen molar-refractivity contribution >= 4 is 33.4 Å². The molecule has 0 nitrogen and oxygen atoms in total. The number of rotatable bonds is 0. The van der Waals surface area contributed by atoms with Crippen LogP contribution in [0.5, 0.6) is 0 Å². The van der Waals surface area contributed by atoms with Crippen LogP contribution in [0, 0.1) is 15.9 Å². The predicted octanol–water partition coefficient (Wildman–Crippen LogP) is 3.43. The summed E-state index contributed by atoms with van der Waals surface area (Å²) in [6.07, 6.45) is 5.39. The fourth-order valence-corrected chi connectivity index (χ4v) is 2.17. The van der Waals surface area contributed by atoms with Gasteiger partial charge in [-0.05, 0) is 39.4 Å². The van der Waals surface area contributed by atoms with Gasteiger partial charge in [0.1, 0.15) is 0 Å². The van der Waals surface area contributed by atoms with Gasteiger partial charge in [0, 0.05) is 9.13 Å². The molecule has 2 aromatic rings. The van der Waals surface area contributed by atoms with Gasteiger partial charge in [-0.2, -0.15) is 0 Å². The highest BCUT2D eigenvalue weighted by molar-refractivity contribution is 14.1. The lowest BCUT2D eigenvalue weighted by molar-refractivity contribution is 1.65. The number of hydrogen-bond donors (Lipinski definition) is 0. The van der Waals surface area contributed by atoms with Crippen LogP contribution in [0.3, 0.4) is 0 Å². The van der Waals surface area contributed by atoms with Crippen molar-refractivity contribution in [3.05, 3.63) is 45.5 Å². The third kappa shape index (κ3) is 1.42. The largest absolute Gasteiger partial charge is 0.115 e. The number of terminal acetylenes is 1. The third-order valence-electron chi connectivity index (χ3n) is 2.02. The fraction of sp³-hybridized carbons (Fsp3) is 0. The molecule has 2 aromatic carbocycles. The van der Waals surface area contributed by atoms with Crippen LogP contribution in [-0.2, 0) is 0 Å². The first-order valence-electron chi connectivity index (χ1n) is 3.97. The summed E-state index contributed by atoms with van der Waals surface area (Å²) in [6.45, 7) is 0. The van der Waals surface area contributed by atoms with Crippen molar-refractivity contribution in [3.8, 4) is 12.3 Å². The summed E-state index contributed by atoms with van der Waals surface area (Å²) >= 11 is 2.30. The number of benzene rings is 2. The minimum atomic E-state index is 0.972. The molecule has 0 heterocycles. The van der Waals surface area contributed by atoms with Gasteiger partial charge < -0.3 is 0 Å². The molecule has 0 bridgehead atoms. The molecule has 0 radical (unpaired) electrons. The Morgan fingerprint density at radius 3 is 2.62 bits per heavy atom. The van der Waals surface area contributed by atoms with Gasteiger partial charge in [-0.1, -0.05) is 36.3 Å². The highest BCUT2D eigenvalue weighted by atomic mass is 127. The lowest BCUT2D eigenvalue weighted by atomic mass is 10.1. The Balaban J connectivity index is 2.89. The van der Waals surface area contributed by atoms with E-state index in [0.29, 0.717) is 0 Å². The molecule has 0 unspecified atom stereocenters. The minimum Gasteiger partial charge on any atom is -0.115 e. The van der Waals surface area contributed by atoms with Crippen LogP contribution in [0.4, 0.5) is 0 Å². The van der Waals surface area contributed by atoms with E-state index in [1.807, 2.05) is 18.2 Å². The lowest BCUT2D eigenvalue weighted by Gasteiger charge is -2.02. The van der Waals surface area contributed by atoms with Gasteiger partial charge >= 0.3 is 0 Å². The van der Waals surface area contributed by atoms with Gasteiger partial charge in [0.2, 0.25) is 0 Å². The molecule has 0 aliphatic carbocycles. The average molecular weight is 278 g/mol. The van der Waals surface area contributed by atoms with Crippen LogP contribution in [-0.4, -0.2) is 0 Å². The van der Waals surface area contributed by atoms with Crippen molar-refractivity contribution in [2.75, 3.05) is 0 Å². The average Bonchev–Trinajstić information content (AvgIpc) is 2.19. The van der Waals surface area contributed by atoms with E-state index in [1.54, 1.807) is 0 Å². The normalized spacial score (nSPS) is 9.85. The molecule has 62 valence electrons. The quantitative estimate of drug-likeness (QED) is 0.511. The third-order valence-corrected chi connectivity index (χ3v) is 3.18. The summed E-state index contributed by atoms with van der Waals surface area (Å²) < 4.78 is 1.17. The maximum atomic E-state index is 5.39. The van der Waals surface area contributed by atoms with E-state index < -0.39 is 0 Å². The van der Waals surface area contributed by atoms with Crippen LogP contribution in [0.15, 0.2) is 36.4 Å². The molecule has 0 aliphatic heterocycles. The van der Waals surface area contributed by atoms with Crippen LogP contribution in [0.1, 0.15) is 5.56 Å². The van der Waals surface area contributed by atoms with Crippen LogP contribution in [0.25, 0.3) is 10.8 Å². The second kappa shape index (κ2) is 3.39. The second-order valence-electron chi connectivity index (χ2n) is 2.79. The van der Waals surface area contributed by atoms with Crippen molar-refractivity contribution in [1.82, 2.24) is 0 Å². The molecule has 0 aliphatic rings. The maximum absolute atomic E-state index is 5.39. The maximum Gasteiger partial charge on any atom is 0.0382 e. The molecule has 0 N–H and O–H groups in total. The van der Waals surface area contributed by atoms with Gasteiger partial charge in [0.05, 0.1) is 0 Å². The van der Waals surface area contributed by atoms with Gasteiger partial charge in [-0.25, -0.2) is 0 Å². The number of fused-ring (bicyclic) bond motifs is 1. The Morgan fingerprint density at radius 1 is 1.08 bits per heavy atom. The summed E-state index contributed by atoms with van der Waals surface area (Å²) in [5.74, 6) is 2.68. The fourth-order valence-electron chi connectivity index (χ4n) is 1.35. The van der Waals surface area contributed by atoms with E-state index in [2.05, 4.69) is 46.7 Å². The second-order valence-corrected chi connectivity index (χ2v) is 3.87. The molecular formula is C12H7I. The zero-order valence-electron chi connectivity index (χ0n) is 6.92. The van der Waals surface area contributed by atoms with Crippen LogP contribution < -0.4 is 0 Å². The first kappa shape index (κ1) is 8.58. The van der Waals surface area contributed by atoms with E-state index in [9.17, 15) is 0 Å². The topological polar surface area (TPSA) is 0 Å². The Kier molecular flexibility index (Phi) is 2.24. The van der Waals surface area contributed by atoms with E-state index in [0.717, 1.165) is 5.56 Å². The van der Waals surface area contributed by atoms with Gasteiger partial charge in [-0.3, -0.25) is 0 Å². The van der Waals surface area contributed by atoms with E-state index in [-0.39, 0.29) is 0 Å². The zero-order valence-corrected chi connectivity index (χ0v) is 9.08. The molecule has 1 heteroatoms. The Labute approximate surface area is 91.1 Å². The van der Waals surface area contributed by atoms with Crippen molar-refractivity contribution < 1.29 is 0 Å². The summed E-state index contributed by atoms with van der Waals surface area (Å²) in [5, 5.41) is 2.48. The smallest absolute Gasteiger partial charge is 0.0382 e. The van der Waals surface area contributed by atoms with E-state index in [4.69, 9.17) is 6.42 Å². The zero-order chi connectivity index (χ0) is 9.26. The molecule has 0 atom stereocenters. The van der Waals surface area contributed by atoms with Crippen molar-refractivity contribution in [1.29, 1.82) is 0 Å². The Hall–Kier alpha value is -1.01. The van der Waals surface area contributed by atoms with Gasteiger partial charge in [-0.15, -0.1) is 6.42 Å². The van der Waals surface area contributed by atoms with Gasteiger partial charge in [0.15, 0.2) is 0 Å². The molecule has 0 saturated heterocycles. The monoisotopic (exact) mass is 278 g/mol. The highest BCUT2D eigenvalue weighted by Crippen LogP contribution is 2.23. The first-order chi connectivity index (χ1) is 6.33. The van der Waals surface area contributed by atoms with Crippen molar-refractivity contribution in [3.63, 3.8) is 0 Å². The number of hydrogen-bond acceptors (Lipinski definition) is 0. The molecular weight excluding hydrogens is 271 g/mol. The van der Waals surface area contributed by atoms with Gasteiger partial charge in [0.25, 0.3) is 0 Å². The Morgan fingerprint density at radius 2 is 1.85 bits per heavy atom. The standard InChI is InChI=1S/C12H7I/c1-2-9-7-8-10-5-3-4-6-11(10)12(9)13/h1,3-8H. The predicted molar refractivity (Wildman–Crippen MR) is 64.6 cm³/mol. The SMILES string of the molecule is C#Cc1ccc2ccccc2c1I. The molecule has 0 fully saturated rings. The molecule has 0 amide bonds. The molecule has 0 saturated carbocycles. The van der Waals surface area contributed by atoms with Crippen LogP contribution in [0.2, 0.25) is 0 Å².